The molecule has 3 rings (SSSR count). The van der Waals surface area contributed by atoms with E-state index in [1.807, 2.05) is 69.2 Å². The molecule has 0 aromatic heterocycles. The number of likely N-dealkylation sites (N-methyl/N-ethyl adjacent to an activating group) is 1. The zero-order valence-electron chi connectivity index (χ0n) is 22.6. The second-order valence-electron chi connectivity index (χ2n) is 10.7. The number of aliphatic hydroxyl groups excluding tert-OH is 1. The number of ether oxygens (including phenoxy) is 2. The quantitative estimate of drug-likeness (QED) is 0.324. The minimum absolute atomic E-state index is 0.0305. The molecule has 7 heteroatoms. The predicted molar refractivity (Wildman–Crippen MR) is 141 cm³/mol. The van der Waals surface area contributed by atoms with Gasteiger partial charge in [0, 0.05) is 18.7 Å². The number of aliphatic hydroxyl groups is 1. The standard InChI is InChI=1S/C29H38N2O5/c1-18(2)36-23-12-10-9-11-20(23)25-24(27(33)28(34)31(25)16-15-30(6)7)26(32)21-17-19(29(3,4)5)13-14-22(21)35-8/h9-14,17-18,25,32H,15-16H2,1-8H3/b26-24+. The van der Waals surface area contributed by atoms with Gasteiger partial charge in [-0.2, -0.15) is 0 Å². The van der Waals surface area contributed by atoms with Gasteiger partial charge in [0.05, 0.1) is 30.4 Å². The van der Waals surface area contributed by atoms with Crippen LogP contribution in [0.5, 0.6) is 11.5 Å². The van der Waals surface area contributed by atoms with E-state index in [-0.39, 0.29) is 22.9 Å². The predicted octanol–water partition coefficient (Wildman–Crippen LogP) is 4.76. The number of carbonyl (C=O) groups excluding carboxylic acids is 2. The lowest BCUT2D eigenvalue weighted by molar-refractivity contribution is -0.140. The van der Waals surface area contributed by atoms with E-state index in [1.54, 1.807) is 6.07 Å². The number of hydrogen-bond acceptors (Lipinski definition) is 6. The number of amides is 1. The second kappa shape index (κ2) is 10.7. The molecule has 1 N–H and O–H groups in total. The maximum atomic E-state index is 13.5. The number of hydrogen-bond donors (Lipinski definition) is 1. The normalized spacial score (nSPS) is 17.8. The summed E-state index contributed by atoms with van der Waals surface area (Å²) in [4.78, 5) is 30.2. The maximum Gasteiger partial charge on any atom is 0.295 e. The molecule has 194 valence electrons. The van der Waals surface area contributed by atoms with Gasteiger partial charge < -0.3 is 24.4 Å². The van der Waals surface area contributed by atoms with Gasteiger partial charge >= 0.3 is 0 Å². The number of Topliss-reactive ketones (excluding diaryl/α,β-unsaturated/α-hetero) is 1. The van der Waals surface area contributed by atoms with E-state index in [0.717, 1.165) is 5.56 Å². The van der Waals surface area contributed by atoms with Crippen molar-refractivity contribution in [3.63, 3.8) is 0 Å². The Morgan fingerprint density at radius 3 is 2.33 bits per heavy atom. The smallest absolute Gasteiger partial charge is 0.295 e. The molecule has 1 atom stereocenters. The molecule has 0 radical (unpaired) electrons. The molecule has 7 nitrogen and oxygen atoms in total. The highest BCUT2D eigenvalue weighted by molar-refractivity contribution is 6.46. The van der Waals surface area contributed by atoms with Gasteiger partial charge in [0.2, 0.25) is 0 Å². The number of likely N-dealkylation sites (tertiary alicyclic amines) is 1. The number of ketones is 1. The van der Waals surface area contributed by atoms with Crippen LogP contribution in [0, 0.1) is 0 Å². The number of methoxy groups -OCH3 is 1. The van der Waals surface area contributed by atoms with Gasteiger partial charge in [0.1, 0.15) is 17.3 Å². The number of para-hydroxylation sites is 1. The average Bonchev–Trinajstić information content (AvgIpc) is 3.05. The fourth-order valence-electron chi connectivity index (χ4n) is 4.31. The van der Waals surface area contributed by atoms with Crippen molar-refractivity contribution in [2.75, 3.05) is 34.3 Å². The van der Waals surface area contributed by atoms with E-state index in [9.17, 15) is 14.7 Å². The number of benzene rings is 2. The molecule has 1 unspecified atom stereocenters. The Hall–Kier alpha value is -3.32. The van der Waals surface area contributed by atoms with E-state index in [1.165, 1.54) is 12.0 Å². The maximum absolute atomic E-state index is 13.5. The van der Waals surface area contributed by atoms with Gasteiger partial charge in [-0.3, -0.25) is 9.59 Å². The molecular weight excluding hydrogens is 456 g/mol. The fourth-order valence-corrected chi connectivity index (χ4v) is 4.31. The Morgan fingerprint density at radius 2 is 1.75 bits per heavy atom. The SMILES string of the molecule is COc1ccc(C(C)(C)C)cc1/C(O)=C1\C(=O)C(=O)N(CCN(C)C)C1c1ccccc1OC(C)C. The number of nitrogens with zero attached hydrogens (tertiary/aromatic N) is 2. The molecule has 1 amide bonds. The van der Waals surface area contributed by atoms with Crippen LogP contribution in [-0.4, -0.2) is 67.0 Å². The van der Waals surface area contributed by atoms with Crippen LogP contribution in [0.3, 0.4) is 0 Å². The largest absolute Gasteiger partial charge is 0.507 e. The lowest BCUT2D eigenvalue weighted by Gasteiger charge is -2.28. The van der Waals surface area contributed by atoms with E-state index < -0.39 is 17.7 Å². The van der Waals surface area contributed by atoms with Crippen molar-refractivity contribution >= 4 is 17.4 Å². The minimum atomic E-state index is -0.803. The molecule has 0 saturated carbocycles. The van der Waals surface area contributed by atoms with Crippen molar-refractivity contribution in [3.8, 4) is 11.5 Å². The molecule has 0 bridgehead atoms. The van der Waals surface area contributed by atoms with Crippen LogP contribution >= 0.6 is 0 Å². The third-order valence-corrected chi connectivity index (χ3v) is 6.22. The molecule has 1 aliphatic heterocycles. The monoisotopic (exact) mass is 494 g/mol. The molecule has 1 fully saturated rings. The van der Waals surface area contributed by atoms with Crippen LogP contribution in [-0.2, 0) is 15.0 Å². The Kier molecular flexibility index (Phi) is 8.14. The molecular formula is C29H38N2O5. The molecule has 0 spiro atoms. The Balaban J connectivity index is 2.29. The summed E-state index contributed by atoms with van der Waals surface area (Å²) in [7, 11) is 5.33. The molecule has 36 heavy (non-hydrogen) atoms. The van der Waals surface area contributed by atoms with Gasteiger partial charge in [0.15, 0.2) is 0 Å². The molecule has 0 aliphatic carbocycles. The highest BCUT2D eigenvalue weighted by Crippen LogP contribution is 2.44. The van der Waals surface area contributed by atoms with Crippen molar-refractivity contribution in [1.29, 1.82) is 0 Å². The van der Waals surface area contributed by atoms with Gasteiger partial charge in [-0.25, -0.2) is 0 Å². The molecule has 2 aromatic rings. The third kappa shape index (κ3) is 5.57. The first-order valence-corrected chi connectivity index (χ1v) is 12.2. The minimum Gasteiger partial charge on any atom is -0.507 e. The molecule has 1 aliphatic rings. The Labute approximate surface area is 214 Å². The number of carbonyl (C=O) groups is 2. The highest BCUT2D eigenvalue weighted by Gasteiger charge is 2.47. The Morgan fingerprint density at radius 1 is 1.08 bits per heavy atom. The summed E-state index contributed by atoms with van der Waals surface area (Å²) in [6.07, 6.45) is -0.112. The summed E-state index contributed by atoms with van der Waals surface area (Å²) in [5, 5.41) is 11.7. The van der Waals surface area contributed by atoms with Crippen LogP contribution in [0.4, 0.5) is 0 Å². The van der Waals surface area contributed by atoms with Crippen LogP contribution in [0.2, 0.25) is 0 Å². The second-order valence-corrected chi connectivity index (χ2v) is 10.7. The third-order valence-electron chi connectivity index (χ3n) is 6.22. The number of rotatable bonds is 8. The average molecular weight is 495 g/mol. The lowest BCUT2D eigenvalue weighted by Crippen LogP contribution is -2.35. The summed E-state index contributed by atoms with van der Waals surface area (Å²) in [6.45, 7) is 10.9. The van der Waals surface area contributed by atoms with Crippen LogP contribution in [0.1, 0.15) is 57.4 Å². The van der Waals surface area contributed by atoms with Crippen molar-refractivity contribution in [2.45, 2.75) is 52.2 Å². The fraction of sp³-hybridized carbons (Fsp3) is 0.448. The molecule has 1 saturated heterocycles. The first-order valence-electron chi connectivity index (χ1n) is 12.2. The van der Waals surface area contributed by atoms with E-state index >= 15 is 0 Å². The summed E-state index contributed by atoms with van der Waals surface area (Å²) < 4.78 is 11.6. The first kappa shape index (κ1) is 27.3. The van der Waals surface area contributed by atoms with Crippen LogP contribution in [0.15, 0.2) is 48.0 Å². The summed E-state index contributed by atoms with van der Waals surface area (Å²) in [5.74, 6) is -0.637. The molecule has 1 heterocycles. The summed E-state index contributed by atoms with van der Waals surface area (Å²) in [5.41, 5.74) is 1.82. The topological polar surface area (TPSA) is 79.3 Å². The van der Waals surface area contributed by atoms with E-state index in [4.69, 9.17) is 9.47 Å². The van der Waals surface area contributed by atoms with Gasteiger partial charge in [0.25, 0.3) is 11.7 Å². The lowest BCUT2D eigenvalue weighted by atomic mass is 9.85. The van der Waals surface area contributed by atoms with Crippen molar-refractivity contribution in [3.05, 3.63) is 64.7 Å². The first-order chi connectivity index (χ1) is 16.9. The zero-order valence-corrected chi connectivity index (χ0v) is 22.6. The van der Waals surface area contributed by atoms with Crippen LogP contribution in [0.25, 0.3) is 5.76 Å². The van der Waals surface area contributed by atoms with Crippen molar-refractivity contribution < 1.29 is 24.2 Å². The summed E-state index contributed by atoms with van der Waals surface area (Å²) >= 11 is 0. The summed E-state index contributed by atoms with van der Waals surface area (Å²) in [6, 6.07) is 12.1. The molecule has 2 aromatic carbocycles. The van der Waals surface area contributed by atoms with E-state index in [0.29, 0.717) is 35.7 Å². The zero-order chi connectivity index (χ0) is 26.8. The Bertz CT molecular complexity index is 1160. The van der Waals surface area contributed by atoms with Crippen molar-refractivity contribution in [1.82, 2.24) is 9.80 Å². The highest BCUT2D eigenvalue weighted by atomic mass is 16.5. The van der Waals surface area contributed by atoms with E-state index in [2.05, 4.69) is 20.8 Å². The van der Waals surface area contributed by atoms with Gasteiger partial charge in [-0.05, 0) is 57.1 Å². The van der Waals surface area contributed by atoms with Gasteiger partial charge in [-0.1, -0.05) is 45.0 Å². The van der Waals surface area contributed by atoms with Crippen LogP contribution < -0.4 is 9.47 Å². The van der Waals surface area contributed by atoms with Crippen molar-refractivity contribution in [2.24, 2.45) is 0 Å². The van der Waals surface area contributed by atoms with Gasteiger partial charge in [-0.15, -0.1) is 0 Å².